The molecule has 102 valence electrons. The van der Waals surface area contributed by atoms with E-state index in [1.807, 2.05) is 13.8 Å². The maximum absolute atomic E-state index is 13.8. The minimum atomic E-state index is -0.266. The number of H-pyrrole nitrogens is 1. The van der Waals surface area contributed by atoms with E-state index in [0.29, 0.717) is 11.3 Å². The van der Waals surface area contributed by atoms with Gasteiger partial charge >= 0.3 is 0 Å². The van der Waals surface area contributed by atoms with Crippen molar-refractivity contribution < 1.29 is 4.39 Å². The van der Waals surface area contributed by atoms with Crippen molar-refractivity contribution in [1.29, 1.82) is 0 Å². The molecule has 0 amide bonds. The quantitative estimate of drug-likeness (QED) is 0.901. The van der Waals surface area contributed by atoms with Gasteiger partial charge in [-0.2, -0.15) is 0 Å². The van der Waals surface area contributed by atoms with Crippen LogP contribution in [0.4, 0.5) is 4.39 Å². The molecule has 2 aromatic rings. The van der Waals surface area contributed by atoms with Gasteiger partial charge < -0.3 is 10.7 Å². The highest BCUT2D eigenvalue weighted by Gasteiger charge is 2.13. The summed E-state index contributed by atoms with van der Waals surface area (Å²) in [5.74, 6) is 0.561. The van der Waals surface area contributed by atoms with E-state index in [0.717, 1.165) is 23.1 Å². The van der Waals surface area contributed by atoms with Gasteiger partial charge in [-0.1, -0.05) is 15.9 Å². The molecule has 0 fully saturated rings. The van der Waals surface area contributed by atoms with Gasteiger partial charge in [-0.3, -0.25) is 0 Å². The van der Waals surface area contributed by atoms with Crippen LogP contribution in [0.25, 0.3) is 11.3 Å². The van der Waals surface area contributed by atoms with E-state index in [1.54, 1.807) is 18.3 Å². The van der Waals surface area contributed by atoms with Crippen LogP contribution in [0.3, 0.4) is 0 Å². The summed E-state index contributed by atoms with van der Waals surface area (Å²) in [7, 11) is 0. The van der Waals surface area contributed by atoms with Gasteiger partial charge in [0.05, 0.1) is 11.9 Å². The smallest absolute Gasteiger partial charge is 0.132 e. The zero-order valence-electron chi connectivity index (χ0n) is 11.0. The molecule has 1 aromatic carbocycles. The highest BCUT2D eigenvalue weighted by molar-refractivity contribution is 9.10. The Balaban J connectivity index is 2.19. The second-order valence-corrected chi connectivity index (χ2v) is 6.27. The van der Waals surface area contributed by atoms with E-state index >= 15 is 0 Å². The Morgan fingerprint density at radius 2 is 2.16 bits per heavy atom. The van der Waals surface area contributed by atoms with E-state index in [4.69, 9.17) is 5.73 Å². The third-order valence-electron chi connectivity index (χ3n) is 2.85. The lowest BCUT2D eigenvalue weighted by atomic mass is 10.0. The number of halogens is 2. The van der Waals surface area contributed by atoms with Crippen LogP contribution in [-0.2, 0) is 6.42 Å². The highest BCUT2D eigenvalue weighted by Crippen LogP contribution is 2.25. The van der Waals surface area contributed by atoms with Crippen LogP contribution < -0.4 is 5.73 Å². The van der Waals surface area contributed by atoms with Crippen molar-refractivity contribution in [2.45, 2.75) is 32.2 Å². The SMILES string of the molecule is CC(C)(N)CCc1ncc(-c2cc(Br)ccc2F)[nH]1. The minimum Gasteiger partial charge on any atom is -0.342 e. The van der Waals surface area contributed by atoms with Gasteiger partial charge in [-0.15, -0.1) is 0 Å². The molecule has 5 heteroatoms. The Hall–Kier alpha value is -1.20. The van der Waals surface area contributed by atoms with Crippen molar-refractivity contribution in [3.63, 3.8) is 0 Å². The van der Waals surface area contributed by atoms with E-state index in [9.17, 15) is 4.39 Å². The first-order valence-electron chi connectivity index (χ1n) is 6.13. The molecule has 3 N–H and O–H groups in total. The zero-order valence-corrected chi connectivity index (χ0v) is 12.6. The summed E-state index contributed by atoms with van der Waals surface area (Å²) in [6.07, 6.45) is 3.23. The minimum absolute atomic E-state index is 0.228. The molecule has 0 aliphatic rings. The first-order valence-corrected chi connectivity index (χ1v) is 6.93. The van der Waals surface area contributed by atoms with Gasteiger partial charge in [0.1, 0.15) is 11.6 Å². The number of aromatic amines is 1. The maximum atomic E-state index is 13.8. The lowest BCUT2D eigenvalue weighted by Gasteiger charge is -2.16. The van der Waals surface area contributed by atoms with Crippen LogP contribution in [0.2, 0.25) is 0 Å². The Bertz CT molecular complexity index is 572. The van der Waals surface area contributed by atoms with Crippen molar-refractivity contribution in [1.82, 2.24) is 9.97 Å². The monoisotopic (exact) mass is 325 g/mol. The first kappa shape index (κ1) is 14.2. The van der Waals surface area contributed by atoms with E-state index < -0.39 is 0 Å². The average Bonchev–Trinajstić information content (AvgIpc) is 2.77. The van der Waals surface area contributed by atoms with Crippen LogP contribution in [-0.4, -0.2) is 15.5 Å². The van der Waals surface area contributed by atoms with Crippen LogP contribution in [0, 0.1) is 5.82 Å². The van der Waals surface area contributed by atoms with Gasteiger partial charge in [0.15, 0.2) is 0 Å². The first-order chi connectivity index (χ1) is 8.85. The predicted octanol–water partition coefficient (Wildman–Crippen LogP) is 3.65. The molecule has 0 radical (unpaired) electrons. The lowest BCUT2D eigenvalue weighted by Crippen LogP contribution is -2.32. The van der Waals surface area contributed by atoms with Gasteiger partial charge in [0.25, 0.3) is 0 Å². The number of imidazole rings is 1. The molecule has 0 aliphatic carbocycles. The molecule has 0 saturated carbocycles. The van der Waals surface area contributed by atoms with Crippen LogP contribution in [0.1, 0.15) is 26.1 Å². The van der Waals surface area contributed by atoms with Gasteiger partial charge in [-0.25, -0.2) is 9.37 Å². The Morgan fingerprint density at radius 1 is 1.42 bits per heavy atom. The second-order valence-electron chi connectivity index (χ2n) is 5.36. The van der Waals surface area contributed by atoms with Crippen molar-refractivity contribution >= 4 is 15.9 Å². The Labute approximate surface area is 120 Å². The summed E-state index contributed by atoms with van der Waals surface area (Å²) >= 11 is 3.34. The highest BCUT2D eigenvalue weighted by atomic mass is 79.9. The molecule has 0 saturated heterocycles. The number of benzene rings is 1. The molecule has 0 unspecified atom stereocenters. The molecule has 0 bridgehead atoms. The summed E-state index contributed by atoms with van der Waals surface area (Å²) in [6.45, 7) is 3.95. The van der Waals surface area contributed by atoms with Crippen molar-refractivity contribution in [2.75, 3.05) is 0 Å². The predicted molar refractivity (Wildman–Crippen MR) is 78.3 cm³/mol. The lowest BCUT2D eigenvalue weighted by molar-refractivity contribution is 0.472. The van der Waals surface area contributed by atoms with Crippen molar-refractivity contribution in [3.05, 3.63) is 40.5 Å². The fourth-order valence-corrected chi connectivity index (χ4v) is 2.13. The normalized spacial score (nSPS) is 11.8. The molecule has 1 aromatic heterocycles. The van der Waals surface area contributed by atoms with E-state index in [-0.39, 0.29) is 11.4 Å². The Morgan fingerprint density at radius 3 is 2.84 bits per heavy atom. The van der Waals surface area contributed by atoms with E-state index in [1.165, 1.54) is 6.07 Å². The molecule has 0 atom stereocenters. The van der Waals surface area contributed by atoms with Gasteiger partial charge in [0.2, 0.25) is 0 Å². The van der Waals surface area contributed by atoms with Crippen molar-refractivity contribution in [2.24, 2.45) is 5.73 Å². The average molecular weight is 326 g/mol. The number of aromatic nitrogens is 2. The number of hydrogen-bond donors (Lipinski definition) is 2. The second kappa shape index (κ2) is 5.43. The maximum Gasteiger partial charge on any atom is 0.132 e. The molecule has 19 heavy (non-hydrogen) atoms. The summed E-state index contributed by atoms with van der Waals surface area (Å²) in [5, 5.41) is 0. The summed E-state index contributed by atoms with van der Waals surface area (Å²) in [4.78, 5) is 7.42. The van der Waals surface area contributed by atoms with Crippen LogP contribution >= 0.6 is 15.9 Å². The summed E-state index contributed by atoms with van der Waals surface area (Å²) in [6, 6.07) is 4.84. The standard InChI is InChI=1S/C14H17BrFN3/c1-14(2,17)6-5-13-18-8-12(19-13)10-7-9(15)3-4-11(10)16/h3-4,7-8H,5-6,17H2,1-2H3,(H,18,19). The largest absolute Gasteiger partial charge is 0.342 e. The molecule has 0 spiro atoms. The zero-order chi connectivity index (χ0) is 14.0. The third kappa shape index (κ3) is 3.88. The third-order valence-corrected chi connectivity index (χ3v) is 3.35. The fraction of sp³-hybridized carbons (Fsp3) is 0.357. The fourth-order valence-electron chi connectivity index (χ4n) is 1.77. The van der Waals surface area contributed by atoms with Gasteiger partial charge in [-0.05, 0) is 38.5 Å². The number of nitrogens with one attached hydrogen (secondary N) is 1. The van der Waals surface area contributed by atoms with Crippen LogP contribution in [0.5, 0.6) is 0 Å². The van der Waals surface area contributed by atoms with Crippen molar-refractivity contribution in [3.8, 4) is 11.3 Å². The molecule has 0 aliphatic heterocycles. The van der Waals surface area contributed by atoms with Crippen LogP contribution in [0.15, 0.2) is 28.9 Å². The number of hydrogen-bond acceptors (Lipinski definition) is 2. The Kier molecular flexibility index (Phi) is 4.06. The molecule has 1 heterocycles. The van der Waals surface area contributed by atoms with Gasteiger partial charge in [0, 0.05) is 22.0 Å². The summed E-state index contributed by atoms with van der Waals surface area (Å²) in [5.41, 5.74) is 6.91. The molecular formula is C14H17BrFN3. The number of nitrogens with zero attached hydrogens (tertiary/aromatic N) is 1. The topological polar surface area (TPSA) is 54.7 Å². The number of nitrogens with two attached hydrogens (primary N) is 1. The number of aryl methyl sites for hydroxylation is 1. The summed E-state index contributed by atoms with van der Waals surface area (Å²) < 4.78 is 14.6. The number of rotatable bonds is 4. The molecular weight excluding hydrogens is 309 g/mol. The molecule has 3 nitrogen and oxygen atoms in total. The van der Waals surface area contributed by atoms with E-state index in [2.05, 4.69) is 25.9 Å². The molecule has 2 rings (SSSR count).